The highest BCUT2D eigenvalue weighted by molar-refractivity contribution is 6.29. The number of nitrogens with zero attached hydrogens (tertiary/aromatic N) is 4. The van der Waals surface area contributed by atoms with Gasteiger partial charge in [0.1, 0.15) is 23.0 Å². The van der Waals surface area contributed by atoms with Crippen LogP contribution in [0.5, 0.6) is 5.75 Å². The van der Waals surface area contributed by atoms with Gasteiger partial charge < -0.3 is 19.9 Å². The highest BCUT2D eigenvalue weighted by Gasteiger charge is 2.35. The quantitative estimate of drug-likeness (QED) is 0.425. The lowest BCUT2D eigenvalue weighted by atomic mass is 9.97. The number of carbonyl (C=O) groups excluding carboxylic acids is 1. The number of halogens is 1. The van der Waals surface area contributed by atoms with Crippen molar-refractivity contribution >= 4 is 34.8 Å². The number of Topliss-reactive ketones (excluding diaryl/α,β-unsaturated/α-hetero) is 1. The summed E-state index contributed by atoms with van der Waals surface area (Å²) in [5.41, 5.74) is 3.88. The summed E-state index contributed by atoms with van der Waals surface area (Å²) >= 11 is 5.95. The summed E-state index contributed by atoms with van der Waals surface area (Å²) in [4.78, 5) is 26.1. The third-order valence-electron chi connectivity index (χ3n) is 5.64. The van der Waals surface area contributed by atoms with Gasteiger partial charge in [-0.3, -0.25) is 4.79 Å². The van der Waals surface area contributed by atoms with Gasteiger partial charge in [-0.05, 0) is 17.7 Å². The lowest BCUT2D eigenvalue weighted by Gasteiger charge is -2.15. The number of hydrogen-bond acceptors (Lipinski definition) is 7. The molecule has 166 valence electrons. The topological polar surface area (TPSA) is 94.0 Å². The Morgan fingerprint density at radius 3 is 2.67 bits per heavy atom. The predicted octanol–water partition coefficient (Wildman–Crippen LogP) is 4.83. The molecule has 0 spiro atoms. The maximum absolute atomic E-state index is 12.8. The van der Waals surface area contributed by atoms with E-state index in [0.717, 1.165) is 22.6 Å². The summed E-state index contributed by atoms with van der Waals surface area (Å²) in [5.74, 6) is 1.48. The van der Waals surface area contributed by atoms with Crippen LogP contribution in [-0.4, -0.2) is 39.5 Å². The highest BCUT2D eigenvalue weighted by Crippen LogP contribution is 2.40. The number of benzene rings is 2. The second-order valence-electron chi connectivity index (χ2n) is 7.61. The minimum atomic E-state index is -0.104. The molecular formula is C24H21ClN6O2. The fourth-order valence-corrected chi connectivity index (χ4v) is 4.26. The Bertz CT molecular complexity index is 1340. The van der Waals surface area contributed by atoms with Gasteiger partial charge in [0.05, 0.1) is 24.1 Å². The molecule has 1 atom stereocenters. The monoisotopic (exact) mass is 460 g/mol. The Labute approximate surface area is 195 Å². The first-order valence-corrected chi connectivity index (χ1v) is 10.8. The summed E-state index contributed by atoms with van der Waals surface area (Å²) in [6, 6.07) is 15.6. The van der Waals surface area contributed by atoms with E-state index in [1.54, 1.807) is 31.2 Å². The molecule has 0 bridgehead atoms. The van der Waals surface area contributed by atoms with Gasteiger partial charge in [0.25, 0.3) is 0 Å². The molecule has 0 radical (unpaired) electrons. The van der Waals surface area contributed by atoms with Gasteiger partial charge in [0.2, 0.25) is 5.95 Å². The van der Waals surface area contributed by atoms with E-state index in [9.17, 15) is 4.79 Å². The van der Waals surface area contributed by atoms with E-state index in [4.69, 9.17) is 21.3 Å². The van der Waals surface area contributed by atoms with Crippen LogP contribution in [0, 0.1) is 0 Å². The van der Waals surface area contributed by atoms with Crippen LogP contribution in [0.1, 0.15) is 34.0 Å². The first kappa shape index (κ1) is 21.0. The Balaban J connectivity index is 1.51. The molecule has 2 N–H and O–H groups in total. The van der Waals surface area contributed by atoms with Gasteiger partial charge in [-0.2, -0.15) is 4.98 Å². The molecule has 0 amide bonds. The van der Waals surface area contributed by atoms with E-state index >= 15 is 0 Å². The molecule has 0 aliphatic heterocycles. The highest BCUT2D eigenvalue weighted by atomic mass is 35.5. The van der Waals surface area contributed by atoms with Crippen molar-refractivity contribution in [1.82, 2.24) is 19.5 Å². The molecule has 1 aliphatic carbocycles. The molecule has 5 rings (SSSR count). The van der Waals surface area contributed by atoms with Crippen LogP contribution < -0.4 is 15.4 Å². The van der Waals surface area contributed by atoms with Crippen molar-refractivity contribution in [2.45, 2.75) is 12.3 Å². The SMILES string of the molecule is CNc1nc(Nc2ccc(-n3cnc(Cl)c3)c(OC)c2)nc2c1C(=O)CC2c1ccccc1. The molecule has 0 fully saturated rings. The number of ether oxygens (including phenoxy) is 1. The Morgan fingerprint density at radius 2 is 1.97 bits per heavy atom. The Morgan fingerprint density at radius 1 is 1.15 bits per heavy atom. The van der Waals surface area contributed by atoms with Crippen LogP contribution in [0.4, 0.5) is 17.5 Å². The summed E-state index contributed by atoms with van der Waals surface area (Å²) < 4.78 is 7.35. The normalized spacial score (nSPS) is 14.8. The third-order valence-corrected chi connectivity index (χ3v) is 5.83. The van der Waals surface area contributed by atoms with Crippen molar-refractivity contribution in [3.63, 3.8) is 0 Å². The summed E-state index contributed by atoms with van der Waals surface area (Å²) in [7, 11) is 3.35. The molecule has 0 saturated carbocycles. The third kappa shape index (κ3) is 3.89. The van der Waals surface area contributed by atoms with Crippen LogP contribution in [0.15, 0.2) is 61.1 Å². The van der Waals surface area contributed by atoms with Gasteiger partial charge in [0, 0.05) is 37.3 Å². The number of fused-ring (bicyclic) bond motifs is 1. The molecule has 4 aromatic rings. The molecule has 2 aromatic carbocycles. The predicted molar refractivity (Wildman–Crippen MR) is 127 cm³/mol. The molecule has 0 saturated heterocycles. The number of carbonyl (C=O) groups is 1. The number of hydrogen-bond donors (Lipinski definition) is 2. The number of aromatic nitrogens is 4. The smallest absolute Gasteiger partial charge is 0.229 e. The van der Waals surface area contributed by atoms with Gasteiger partial charge in [-0.25, -0.2) is 9.97 Å². The second kappa shape index (κ2) is 8.55. The van der Waals surface area contributed by atoms with Crippen molar-refractivity contribution in [2.75, 3.05) is 24.8 Å². The first-order chi connectivity index (χ1) is 16.1. The van der Waals surface area contributed by atoms with Gasteiger partial charge in [-0.1, -0.05) is 41.9 Å². The lowest BCUT2D eigenvalue weighted by molar-refractivity contribution is 0.0992. The van der Waals surface area contributed by atoms with E-state index in [0.29, 0.717) is 34.7 Å². The summed E-state index contributed by atoms with van der Waals surface area (Å²) in [5, 5.41) is 6.70. The maximum Gasteiger partial charge on any atom is 0.229 e. The lowest BCUT2D eigenvalue weighted by Crippen LogP contribution is -2.09. The molecule has 8 nitrogen and oxygen atoms in total. The maximum atomic E-state index is 12.8. The molecule has 9 heteroatoms. The van der Waals surface area contributed by atoms with E-state index in [1.807, 2.05) is 48.5 Å². The molecule has 33 heavy (non-hydrogen) atoms. The average molecular weight is 461 g/mol. The molecule has 1 unspecified atom stereocenters. The largest absolute Gasteiger partial charge is 0.494 e. The van der Waals surface area contributed by atoms with Crippen molar-refractivity contribution in [1.29, 1.82) is 0 Å². The van der Waals surface area contributed by atoms with Crippen molar-refractivity contribution in [3.8, 4) is 11.4 Å². The average Bonchev–Trinajstić information content (AvgIpc) is 3.42. The molecule has 2 aromatic heterocycles. The fourth-order valence-electron chi connectivity index (χ4n) is 4.12. The molecule has 1 aliphatic rings. The van der Waals surface area contributed by atoms with Crippen molar-refractivity contribution in [2.24, 2.45) is 0 Å². The summed E-state index contributed by atoms with van der Waals surface area (Å²) in [6.45, 7) is 0. The fraction of sp³-hybridized carbons (Fsp3) is 0.167. The number of nitrogens with one attached hydrogen (secondary N) is 2. The number of anilines is 3. The van der Waals surface area contributed by atoms with Crippen LogP contribution in [0.2, 0.25) is 5.15 Å². The van der Waals surface area contributed by atoms with Crippen LogP contribution in [-0.2, 0) is 0 Å². The zero-order valence-corrected chi connectivity index (χ0v) is 18.8. The van der Waals surface area contributed by atoms with E-state index in [-0.39, 0.29) is 11.7 Å². The van der Waals surface area contributed by atoms with E-state index < -0.39 is 0 Å². The van der Waals surface area contributed by atoms with Crippen LogP contribution in [0.25, 0.3) is 5.69 Å². The number of ketones is 1. The summed E-state index contributed by atoms with van der Waals surface area (Å²) in [6.07, 6.45) is 3.70. The minimum Gasteiger partial charge on any atom is -0.494 e. The zero-order chi connectivity index (χ0) is 22.9. The number of rotatable bonds is 6. The molecular weight excluding hydrogens is 440 g/mol. The van der Waals surface area contributed by atoms with Gasteiger partial charge >= 0.3 is 0 Å². The van der Waals surface area contributed by atoms with Crippen molar-refractivity contribution in [3.05, 3.63) is 83.0 Å². The van der Waals surface area contributed by atoms with Gasteiger partial charge in [0.15, 0.2) is 5.78 Å². The zero-order valence-electron chi connectivity index (χ0n) is 18.0. The number of imidazole rings is 1. The molecule has 2 heterocycles. The number of methoxy groups -OCH3 is 1. The Kier molecular flexibility index (Phi) is 5.43. The second-order valence-corrected chi connectivity index (χ2v) is 8.00. The van der Waals surface area contributed by atoms with Crippen molar-refractivity contribution < 1.29 is 9.53 Å². The van der Waals surface area contributed by atoms with E-state index in [2.05, 4.69) is 20.6 Å². The van der Waals surface area contributed by atoms with Crippen LogP contribution in [0.3, 0.4) is 0 Å². The van der Waals surface area contributed by atoms with Crippen LogP contribution >= 0.6 is 11.6 Å². The first-order valence-electron chi connectivity index (χ1n) is 10.4. The standard InChI is InChI=1S/C24H21ClN6O2/c1-26-23-21-18(32)11-16(14-6-4-3-5-7-14)22(21)29-24(30-23)28-15-8-9-17(19(10-15)33-2)31-12-20(25)27-13-31/h3-10,12-13,16H,11H2,1-2H3,(H2,26,28,29,30). The van der Waals surface area contributed by atoms with Gasteiger partial charge in [-0.15, -0.1) is 0 Å². The minimum absolute atomic E-state index is 0.0415. The van der Waals surface area contributed by atoms with E-state index in [1.165, 1.54) is 0 Å². The Hall–Kier alpha value is -3.91.